The fourth-order valence-electron chi connectivity index (χ4n) is 1.94. The molecule has 1 aliphatic rings. The quantitative estimate of drug-likeness (QED) is 0.865. The highest BCUT2D eigenvalue weighted by atomic mass is 35.5. The molecule has 1 saturated carbocycles. The third-order valence-corrected chi connectivity index (χ3v) is 3.47. The minimum Gasteiger partial charge on any atom is -0.339 e. The molecule has 2 atom stereocenters. The van der Waals surface area contributed by atoms with Crippen LogP contribution >= 0.6 is 11.6 Å². The number of hydrogen-bond donors (Lipinski definition) is 0. The minimum absolute atomic E-state index is 0.0114. The molecule has 3 rings (SSSR count). The van der Waals surface area contributed by atoms with Crippen LogP contribution in [0.1, 0.15) is 29.6 Å². The lowest BCUT2D eigenvalue weighted by atomic mass is 10.1. The predicted molar refractivity (Wildman–Crippen MR) is 65.0 cm³/mol. The second-order valence-corrected chi connectivity index (χ2v) is 4.95. The van der Waals surface area contributed by atoms with Crippen LogP contribution in [0.5, 0.6) is 0 Å². The van der Waals surface area contributed by atoms with E-state index in [2.05, 4.69) is 16.2 Å². The number of benzene rings is 1. The van der Waals surface area contributed by atoms with Crippen molar-refractivity contribution in [2.75, 3.05) is 0 Å². The Kier molecular flexibility index (Phi) is 2.96. The van der Waals surface area contributed by atoms with Crippen LogP contribution in [0.2, 0.25) is 5.02 Å². The van der Waals surface area contributed by atoms with Crippen molar-refractivity contribution in [2.24, 2.45) is 5.92 Å². The van der Waals surface area contributed by atoms with Gasteiger partial charge in [-0.05, 0) is 24.1 Å². The van der Waals surface area contributed by atoms with Gasteiger partial charge in [-0.2, -0.15) is 10.2 Å². The third kappa shape index (κ3) is 2.45. The highest BCUT2D eigenvalue weighted by molar-refractivity contribution is 6.31. The fourth-order valence-corrected chi connectivity index (χ4v) is 2.17. The van der Waals surface area contributed by atoms with Gasteiger partial charge in [0.25, 0.3) is 0 Å². The van der Waals surface area contributed by atoms with Crippen LogP contribution in [0, 0.1) is 23.1 Å². The van der Waals surface area contributed by atoms with Crippen LogP contribution in [-0.4, -0.2) is 10.1 Å². The molecule has 0 spiro atoms. The zero-order valence-corrected chi connectivity index (χ0v) is 10.6. The van der Waals surface area contributed by atoms with E-state index in [1.807, 2.05) is 0 Å². The van der Waals surface area contributed by atoms with Crippen molar-refractivity contribution in [2.45, 2.75) is 18.8 Å². The number of nitrogens with zero attached hydrogens (tertiary/aromatic N) is 3. The molecule has 0 bridgehead atoms. The summed E-state index contributed by atoms with van der Waals surface area (Å²) in [7, 11) is 0. The molecule has 2 unspecified atom stereocenters. The van der Waals surface area contributed by atoms with Gasteiger partial charge in [-0.25, -0.2) is 4.39 Å². The maximum atomic E-state index is 12.9. The maximum Gasteiger partial charge on any atom is 0.231 e. The van der Waals surface area contributed by atoms with Crippen LogP contribution in [0.3, 0.4) is 0 Å². The first kappa shape index (κ1) is 12.1. The fraction of sp³-hybridized carbons (Fsp3) is 0.308. The van der Waals surface area contributed by atoms with Gasteiger partial charge in [-0.3, -0.25) is 0 Å². The Bertz CT molecular complexity index is 664. The standard InChI is InChI=1S/C13H9ClFN3O/c14-11-5-9(15)2-1-7(11)4-12-17-13(19-18-12)10-3-8(10)6-16/h1-2,5,8,10H,3-4H2. The van der Waals surface area contributed by atoms with Crippen molar-refractivity contribution in [1.29, 1.82) is 5.26 Å². The molecule has 1 aromatic heterocycles. The summed E-state index contributed by atoms with van der Waals surface area (Å²) in [6, 6.07) is 6.37. The number of rotatable bonds is 3. The third-order valence-electron chi connectivity index (χ3n) is 3.12. The zero-order chi connectivity index (χ0) is 13.4. The zero-order valence-electron chi connectivity index (χ0n) is 9.81. The van der Waals surface area contributed by atoms with E-state index in [0.29, 0.717) is 23.2 Å². The Balaban J connectivity index is 1.75. The van der Waals surface area contributed by atoms with Crippen LogP contribution in [0.4, 0.5) is 4.39 Å². The van der Waals surface area contributed by atoms with Crippen LogP contribution in [0.15, 0.2) is 22.7 Å². The normalized spacial score (nSPS) is 21.1. The molecule has 6 heteroatoms. The molecule has 0 aliphatic heterocycles. The number of halogens is 2. The van der Waals surface area contributed by atoms with Crippen molar-refractivity contribution in [3.05, 3.63) is 46.3 Å². The van der Waals surface area contributed by atoms with E-state index < -0.39 is 0 Å². The Morgan fingerprint density at radius 1 is 1.53 bits per heavy atom. The lowest BCUT2D eigenvalue weighted by Crippen LogP contribution is -1.93. The van der Waals surface area contributed by atoms with Crippen molar-refractivity contribution >= 4 is 11.6 Å². The first-order chi connectivity index (χ1) is 9.17. The second-order valence-electron chi connectivity index (χ2n) is 4.54. The lowest BCUT2D eigenvalue weighted by Gasteiger charge is -2.00. The molecular formula is C13H9ClFN3O. The number of aromatic nitrogens is 2. The van der Waals surface area contributed by atoms with E-state index in [-0.39, 0.29) is 17.7 Å². The molecule has 2 aromatic rings. The number of nitriles is 1. The molecular weight excluding hydrogens is 269 g/mol. The van der Waals surface area contributed by atoms with E-state index in [0.717, 1.165) is 12.0 Å². The summed E-state index contributed by atoms with van der Waals surface area (Å²) in [6.45, 7) is 0. The van der Waals surface area contributed by atoms with Gasteiger partial charge in [-0.15, -0.1) is 0 Å². The summed E-state index contributed by atoms with van der Waals surface area (Å²) >= 11 is 5.94. The molecule has 0 amide bonds. The number of hydrogen-bond acceptors (Lipinski definition) is 4. The molecule has 1 fully saturated rings. The van der Waals surface area contributed by atoms with Crippen LogP contribution in [0.25, 0.3) is 0 Å². The minimum atomic E-state index is -0.377. The van der Waals surface area contributed by atoms with Crippen molar-refractivity contribution < 1.29 is 8.91 Å². The summed E-state index contributed by atoms with van der Waals surface area (Å²) < 4.78 is 18.0. The van der Waals surface area contributed by atoms with Gasteiger partial charge in [0, 0.05) is 11.4 Å². The average molecular weight is 278 g/mol. The molecule has 1 aromatic carbocycles. The maximum absolute atomic E-state index is 12.9. The SMILES string of the molecule is N#CC1CC1c1nc(Cc2ccc(F)cc2Cl)no1. The summed E-state index contributed by atoms with van der Waals surface area (Å²) in [5, 5.41) is 12.9. The van der Waals surface area contributed by atoms with E-state index >= 15 is 0 Å². The highest BCUT2D eigenvalue weighted by Crippen LogP contribution is 2.46. The summed E-state index contributed by atoms with van der Waals surface area (Å²) in [5.74, 6) is 0.668. The molecule has 0 N–H and O–H groups in total. The second kappa shape index (κ2) is 4.63. The van der Waals surface area contributed by atoms with E-state index in [9.17, 15) is 4.39 Å². The molecule has 96 valence electrons. The molecule has 1 heterocycles. The highest BCUT2D eigenvalue weighted by Gasteiger charge is 2.43. The summed E-state index contributed by atoms with van der Waals surface area (Å²) in [4.78, 5) is 4.25. The Morgan fingerprint density at radius 3 is 3.05 bits per heavy atom. The molecule has 4 nitrogen and oxygen atoms in total. The van der Waals surface area contributed by atoms with Crippen molar-refractivity contribution in [3.8, 4) is 6.07 Å². The van der Waals surface area contributed by atoms with Gasteiger partial charge in [0.15, 0.2) is 5.82 Å². The van der Waals surface area contributed by atoms with Gasteiger partial charge in [0.1, 0.15) is 5.82 Å². The van der Waals surface area contributed by atoms with Crippen LogP contribution in [-0.2, 0) is 6.42 Å². The Morgan fingerprint density at radius 2 is 2.37 bits per heavy atom. The van der Waals surface area contributed by atoms with Gasteiger partial charge in [-0.1, -0.05) is 22.8 Å². The first-order valence-corrected chi connectivity index (χ1v) is 6.21. The Labute approximate surface area is 113 Å². The van der Waals surface area contributed by atoms with E-state index in [4.69, 9.17) is 21.4 Å². The predicted octanol–water partition coefficient (Wildman–Crippen LogP) is 3.08. The van der Waals surface area contributed by atoms with Crippen LogP contribution < -0.4 is 0 Å². The summed E-state index contributed by atoms with van der Waals surface area (Å²) in [5.41, 5.74) is 0.739. The lowest BCUT2D eigenvalue weighted by molar-refractivity contribution is 0.373. The van der Waals surface area contributed by atoms with Gasteiger partial charge < -0.3 is 4.52 Å². The molecule has 0 saturated heterocycles. The molecule has 1 aliphatic carbocycles. The van der Waals surface area contributed by atoms with Gasteiger partial charge in [0.05, 0.1) is 17.9 Å². The largest absolute Gasteiger partial charge is 0.339 e. The van der Waals surface area contributed by atoms with Crippen molar-refractivity contribution in [1.82, 2.24) is 10.1 Å². The van der Waals surface area contributed by atoms with Gasteiger partial charge >= 0.3 is 0 Å². The first-order valence-electron chi connectivity index (χ1n) is 5.83. The topological polar surface area (TPSA) is 62.7 Å². The smallest absolute Gasteiger partial charge is 0.231 e. The van der Waals surface area contributed by atoms with Crippen molar-refractivity contribution in [3.63, 3.8) is 0 Å². The van der Waals surface area contributed by atoms with Gasteiger partial charge in [0.2, 0.25) is 5.89 Å². The molecule has 0 radical (unpaired) electrons. The monoisotopic (exact) mass is 277 g/mol. The summed E-state index contributed by atoms with van der Waals surface area (Å²) in [6.07, 6.45) is 1.15. The van der Waals surface area contributed by atoms with E-state index in [1.54, 1.807) is 6.07 Å². The average Bonchev–Trinajstić information content (AvgIpc) is 3.04. The van der Waals surface area contributed by atoms with E-state index in [1.165, 1.54) is 12.1 Å². The Hall–Kier alpha value is -1.93. The molecule has 19 heavy (non-hydrogen) atoms.